The van der Waals surface area contributed by atoms with Crippen molar-refractivity contribution in [3.63, 3.8) is 0 Å². The van der Waals surface area contributed by atoms with E-state index in [-0.39, 0.29) is 11.9 Å². The van der Waals surface area contributed by atoms with Crippen LogP contribution in [-0.4, -0.2) is 46.5 Å². The van der Waals surface area contributed by atoms with E-state index >= 15 is 0 Å². The van der Waals surface area contributed by atoms with E-state index in [1.54, 1.807) is 30.6 Å². The molecule has 5 nitrogen and oxygen atoms in total. The number of piperazine rings is 1. The normalized spacial score (nSPS) is 18.4. The number of hydrogen-bond acceptors (Lipinski definition) is 3. The third-order valence-electron chi connectivity index (χ3n) is 4.00. The molecule has 1 aromatic heterocycles. The number of nitrogens with zero attached hydrogens (tertiary/aromatic N) is 2. The second-order valence-corrected chi connectivity index (χ2v) is 5.92. The highest BCUT2D eigenvalue weighted by Crippen LogP contribution is 2.16. The van der Waals surface area contributed by atoms with Gasteiger partial charge in [0.05, 0.1) is 6.33 Å². The molecule has 1 aliphatic rings. The van der Waals surface area contributed by atoms with Gasteiger partial charge in [-0.05, 0) is 37.1 Å². The number of aromatic amines is 1. The molecule has 1 amide bonds. The van der Waals surface area contributed by atoms with Gasteiger partial charge in [-0.1, -0.05) is 11.6 Å². The molecule has 22 heavy (non-hydrogen) atoms. The zero-order valence-corrected chi connectivity index (χ0v) is 13.0. The third kappa shape index (κ3) is 3.48. The summed E-state index contributed by atoms with van der Waals surface area (Å²) in [6.45, 7) is 2.39. The molecule has 1 fully saturated rings. The third-order valence-corrected chi connectivity index (χ3v) is 4.26. The van der Waals surface area contributed by atoms with Gasteiger partial charge in [-0.25, -0.2) is 4.98 Å². The first-order valence-electron chi connectivity index (χ1n) is 7.48. The zero-order valence-electron chi connectivity index (χ0n) is 12.3. The highest BCUT2D eigenvalue weighted by molar-refractivity contribution is 6.30. The summed E-state index contributed by atoms with van der Waals surface area (Å²) in [5.74, 6) is 0.0766. The molecule has 1 saturated heterocycles. The first kappa shape index (κ1) is 15.1. The number of nitrogens with one attached hydrogen (secondary N) is 2. The first-order valence-corrected chi connectivity index (χ1v) is 7.86. The Bertz CT molecular complexity index is 612. The van der Waals surface area contributed by atoms with E-state index in [4.69, 9.17) is 11.6 Å². The summed E-state index contributed by atoms with van der Waals surface area (Å²) in [6.07, 6.45) is 5.32. The van der Waals surface area contributed by atoms with E-state index in [9.17, 15) is 4.79 Å². The van der Waals surface area contributed by atoms with Crippen LogP contribution in [0, 0.1) is 0 Å². The number of H-pyrrole nitrogens is 1. The van der Waals surface area contributed by atoms with Crippen molar-refractivity contribution in [2.45, 2.75) is 18.9 Å². The van der Waals surface area contributed by atoms with Crippen molar-refractivity contribution in [3.05, 3.63) is 53.1 Å². The van der Waals surface area contributed by atoms with Gasteiger partial charge in [-0.2, -0.15) is 0 Å². The van der Waals surface area contributed by atoms with E-state index in [0.29, 0.717) is 10.6 Å². The van der Waals surface area contributed by atoms with Crippen molar-refractivity contribution in [2.75, 3.05) is 19.6 Å². The highest BCUT2D eigenvalue weighted by atomic mass is 35.5. The minimum atomic E-state index is 0.0766. The van der Waals surface area contributed by atoms with Gasteiger partial charge in [0.15, 0.2) is 0 Å². The van der Waals surface area contributed by atoms with Crippen molar-refractivity contribution in [2.24, 2.45) is 0 Å². The first-order chi connectivity index (χ1) is 10.7. The molecular weight excluding hydrogens is 300 g/mol. The molecule has 2 aromatic rings. The quantitative estimate of drug-likeness (QED) is 0.907. The minimum absolute atomic E-state index is 0.0766. The van der Waals surface area contributed by atoms with Crippen LogP contribution in [0.25, 0.3) is 0 Å². The molecule has 1 unspecified atom stereocenters. The highest BCUT2D eigenvalue weighted by Gasteiger charge is 2.27. The largest absolute Gasteiger partial charge is 0.348 e. The van der Waals surface area contributed by atoms with Crippen LogP contribution in [-0.2, 0) is 6.42 Å². The SMILES string of the molecule is O=C(c1ccc(Cl)cc1)N1CCNCC1CCc1cnc[nH]1. The minimum Gasteiger partial charge on any atom is -0.348 e. The second kappa shape index (κ2) is 6.94. The van der Waals surface area contributed by atoms with E-state index in [0.717, 1.165) is 38.2 Å². The van der Waals surface area contributed by atoms with Crippen LogP contribution in [0.15, 0.2) is 36.8 Å². The number of carbonyl (C=O) groups is 1. The maximum Gasteiger partial charge on any atom is 0.254 e. The van der Waals surface area contributed by atoms with Crippen molar-refractivity contribution in [3.8, 4) is 0 Å². The van der Waals surface area contributed by atoms with Crippen molar-refractivity contribution in [1.82, 2.24) is 20.2 Å². The van der Waals surface area contributed by atoms with Crippen molar-refractivity contribution >= 4 is 17.5 Å². The Kier molecular flexibility index (Phi) is 4.75. The molecule has 0 saturated carbocycles. The summed E-state index contributed by atoms with van der Waals surface area (Å²) in [7, 11) is 0. The van der Waals surface area contributed by atoms with Crippen LogP contribution in [0.3, 0.4) is 0 Å². The molecule has 3 rings (SSSR count). The maximum atomic E-state index is 12.7. The van der Waals surface area contributed by atoms with Crippen molar-refractivity contribution in [1.29, 1.82) is 0 Å². The fourth-order valence-corrected chi connectivity index (χ4v) is 2.91. The van der Waals surface area contributed by atoms with Gasteiger partial charge >= 0.3 is 0 Å². The number of imidazole rings is 1. The van der Waals surface area contributed by atoms with Crippen LogP contribution in [0.2, 0.25) is 5.02 Å². The molecule has 1 atom stereocenters. The maximum absolute atomic E-state index is 12.7. The summed E-state index contributed by atoms with van der Waals surface area (Å²) in [5, 5.41) is 4.02. The molecule has 1 aromatic carbocycles. The Morgan fingerprint density at radius 1 is 1.36 bits per heavy atom. The van der Waals surface area contributed by atoms with Gasteiger partial charge in [0, 0.05) is 48.2 Å². The lowest BCUT2D eigenvalue weighted by atomic mass is 10.0. The van der Waals surface area contributed by atoms with E-state index in [2.05, 4.69) is 15.3 Å². The number of carbonyl (C=O) groups excluding carboxylic acids is 1. The summed E-state index contributed by atoms with van der Waals surface area (Å²) >= 11 is 5.89. The molecular formula is C16H19ClN4O. The molecule has 2 N–H and O–H groups in total. The topological polar surface area (TPSA) is 61.0 Å². The summed E-state index contributed by atoms with van der Waals surface area (Å²) < 4.78 is 0. The number of aromatic nitrogens is 2. The van der Waals surface area contributed by atoms with Gasteiger partial charge in [0.1, 0.15) is 0 Å². The monoisotopic (exact) mass is 318 g/mol. The molecule has 2 heterocycles. The van der Waals surface area contributed by atoms with Gasteiger partial charge < -0.3 is 15.2 Å². The Morgan fingerprint density at radius 3 is 2.91 bits per heavy atom. The summed E-state index contributed by atoms with van der Waals surface area (Å²) in [4.78, 5) is 21.8. The average molecular weight is 319 g/mol. The fourth-order valence-electron chi connectivity index (χ4n) is 2.79. The summed E-state index contributed by atoms with van der Waals surface area (Å²) in [6, 6.07) is 7.30. The smallest absolute Gasteiger partial charge is 0.254 e. The summed E-state index contributed by atoms with van der Waals surface area (Å²) in [5.41, 5.74) is 1.79. The molecule has 0 spiro atoms. The van der Waals surface area contributed by atoms with E-state index < -0.39 is 0 Å². The van der Waals surface area contributed by atoms with Crippen LogP contribution < -0.4 is 5.32 Å². The average Bonchev–Trinajstić information content (AvgIpc) is 3.07. The molecule has 6 heteroatoms. The molecule has 116 valence electrons. The lowest BCUT2D eigenvalue weighted by Gasteiger charge is -2.36. The number of hydrogen-bond donors (Lipinski definition) is 2. The van der Waals surface area contributed by atoms with Gasteiger partial charge in [-0.15, -0.1) is 0 Å². The lowest BCUT2D eigenvalue weighted by Crippen LogP contribution is -2.53. The van der Waals surface area contributed by atoms with Crippen molar-refractivity contribution < 1.29 is 4.79 Å². The van der Waals surface area contributed by atoms with Crippen LogP contribution >= 0.6 is 11.6 Å². The van der Waals surface area contributed by atoms with Gasteiger partial charge in [-0.3, -0.25) is 4.79 Å². The fraction of sp³-hybridized carbons (Fsp3) is 0.375. The Balaban J connectivity index is 1.68. The molecule has 1 aliphatic heterocycles. The van der Waals surface area contributed by atoms with Gasteiger partial charge in [0.2, 0.25) is 0 Å². The predicted molar refractivity (Wildman–Crippen MR) is 86.1 cm³/mol. The number of rotatable bonds is 4. The second-order valence-electron chi connectivity index (χ2n) is 5.48. The Labute approximate surface area is 134 Å². The number of benzene rings is 1. The molecule has 0 bridgehead atoms. The Morgan fingerprint density at radius 2 is 2.18 bits per heavy atom. The van der Waals surface area contributed by atoms with E-state index in [1.165, 1.54) is 0 Å². The Hall–Kier alpha value is -1.85. The number of halogens is 1. The van der Waals surface area contributed by atoms with Crippen LogP contribution in [0.1, 0.15) is 22.5 Å². The lowest BCUT2D eigenvalue weighted by molar-refractivity contribution is 0.0625. The molecule has 0 aliphatic carbocycles. The van der Waals surface area contributed by atoms with Crippen LogP contribution in [0.5, 0.6) is 0 Å². The van der Waals surface area contributed by atoms with Crippen LogP contribution in [0.4, 0.5) is 0 Å². The van der Waals surface area contributed by atoms with E-state index in [1.807, 2.05) is 11.1 Å². The zero-order chi connectivity index (χ0) is 15.4. The standard InChI is InChI=1S/C16H19ClN4O/c17-13-3-1-12(2-4-13)16(22)21-8-7-18-10-15(21)6-5-14-9-19-11-20-14/h1-4,9,11,15,18H,5-8,10H2,(H,19,20). The van der Waals surface area contributed by atoms with Gasteiger partial charge in [0.25, 0.3) is 5.91 Å². The predicted octanol–water partition coefficient (Wildman–Crippen LogP) is 2.11. The number of aryl methyl sites for hydroxylation is 1. The number of amides is 1. The molecule has 0 radical (unpaired) electrons.